The smallest absolute Gasteiger partial charge is 0.257 e. The Balaban J connectivity index is 2.25. The highest BCUT2D eigenvalue weighted by atomic mass is 35.5. The zero-order valence-electron chi connectivity index (χ0n) is 9.38. The molecule has 0 radical (unpaired) electrons. The summed E-state index contributed by atoms with van der Waals surface area (Å²) in [5, 5.41) is 3.16. The zero-order chi connectivity index (χ0) is 14.0. The molecule has 0 aliphatic rings. The number of amides is 1. The van der Waals surface area contributed by atoms with Crippen LogP contribution in [0.2, 0.25) is 15.1 Å². The van der Waals surface area contributed by atoms with E-state index in [1.54, 1.807) is 6.07 Å². The molecule has 0 bridgehead atoms. The highest BCUT2D eigenvalue weighted by Crippen LogP contribution is 2.23. The average Bonchev–Trinajstić information content (AvgIpc) is 2.36. The molecule has 2 aromatic carbocycles. The quantitative estimate of drug-likeness (QED) is 0.826. The summed E-state index contributed by atoms with van der Waals surface area (Å²) in [6.07, 6.45) is 0. The molecule has 0 aliphatic carbocycles. The van der Waals surface area contributed by atoms with E-state index in [0.717, 1.165) is 6.07 Å². The summed E-state index contributed by atoms with van der Waals surface area (Å²) in [5.41, 5.74) is 0.599. The fourth-order valence-electron chi connectivity index (χ4n) is 1.44. The normalized spacial score (nSPS) is 10.3. The Bertz CT molecular complexity index is 646. The largest absolute Gasteiger partial charge is 0.322 e. The first-order valence-corrected chi connectivity index (χ1v) is 6.32. The molecule has 0 aliphatic heterocycles. The lowest BCUT2D eigenvalue weighted by Gasteiger charge is -2.07. The number of rotatable bonds is 2. The summed E-state index contributed by atoms with van der Waals surface area (Å²) >= 11 is 17.3. The lowest BCUT2D eigenvalue weighted by molar-refractivity contribution is 0.102. The third-order valence-electron chi connectivity index (χ3n) is 2.35. The third kappa shape index (κ3) is 3.38. The fourth-order valence-corrected chi connectivity index (χ4v) is 2.00. The van der Waals surface area contributed by atoms with Gasteiger partial charge in [-0.25, -0.2) is 4.39 Å². The fraction of sp³-hybridized carbons (Fsp3) is 0. The van der Waals surface area contributed by atoms with E-state index in [1.165, 1.54) is 24.3 Å². The second-order valence-corrected chi connectivity index (χ2v) is 4.96. The van der Waals surface area contributed by atoms with Crippen LogP contribution in [0.3, 0.4) is 0 Å². The molecule has 1 N–H and O–H groups in total. The van der Waals surface area contributed by atoms with E-state index in [4.69, 9.17) is 34.8 Å². The zero-order valence-corrected chi connectivity index (χ0v) is 11.7. The molecular weight excluding hydrogens is 312 g/mol. The topological polar surface area (TPSA) is 29.1 Å². The van der Waals surface area contributed by atoms with Gasteiger partial charge in [0.1, 0.15) is 5.82 Å². The van der Waals surface area contributed by atoms with Gasteiger partial charge in [-0.3, -0.25) is 4.79 Å². The molecule has 0 unspecified atom stereocenters. The van der Waals surface area contributed by atoms with Gasteiger partial charge < -0.3 is 5.32 Å². The van der Waals surface area contributed by atoms with Crippen LogP contribution in [-0.2, 0) is 0 Å². The molecule has 2 nitrogen and oxygen atoms in total. The molecule has 0 aromatic heterocycles. The first-order chi connectivity index (χ1) is 8.97. The molecule has 0 atom stereocenters. The minimum Gasteiger partial charge on any atom is -0.322 e. The molecular formula is C13H7Cl3FNO. The van der Waals surface area contributed by atoms with Crippen LogP contribution in [0.25, 0.3) is 0 Å². The van der Waals surface area contributed by atoms with Crippen LogP contribution in [0.4, 0.5) is 10.1 Å². The van der Waals surface area contributed by atoms with Crippen molar-refractivity contribution in [2.45, 2.75) is 0 Å². The first kappa shape index (κ1) is 14.1. The summed E-state index contributed by atoms with van der Waals surface area (Å²) in [7, 11) is 0. The van der Waals surface area contributed by atoms with Gasteiger partial charge in [0, 0.05) is 10.7 Å². The van der Waals surface area contributed by atoms with E-state index in [2.05, 4.69) is 5.32 Å². The summed E-state index contributed by atoms with van der Waals surface area (Å²) in [6, 6.07) is 8.43. The lowest BCUT2D eigenvalue weighted by atomic mass is 10.2. The predicted molar refractivity (Wildman–Crippen MR) is 75.8 cm³/mol. The number of hydrogen-bond donors (Lipinski definition) is 1. The van der Waals surface area contributed by atoms with Crippen LogP contribution < -0.4 is 5.32 Å². The maximum Gasteiger partial charge on any atom is 0.257 e. The summed E-state index contributed by atoms with van der Waals surface area (Å²) in [5.74, 6) is -1.00. The van der Waals surface area contributed by atoms with Crippen molar-refractivity contribution in [2.75, 3.05) is 5.32 Å². The number of hydrogen-bond acceptors (Lipinski definition) is 1. The molecule has 98 valence electrons. The van der Waals surface area contributed by atoms with Crippen LogP contribution >= 0.6 is 34.8 Å². The highest BCUT2D eigenvalue weighted by molar-refractivity contribution is 6.36. The van der Waals surface area contributed by atoms with Crippen molar-refractivity contribution in [3.8, 4) is 0 Å². The SMILES string of the molecule is O=C(Nc1ccc(F)c(Cl)c1)c1cc(Cl)ccc1Cl. The molecule has 1 amide bonds. The second kappa shape index (κ2) is 5.78. The van der Waals surface area contributed by atoms with Gasteiger partial charge in [-0.15, -0.1) is 0 Å². The van der Waals surface area contributed by atoms with Gasteiger partial charge in [0.05, 0.1) is 15.6 Å². The van der Waals surface area contributed by atoms with E-state index in [0.29, 0.717) is 10.7 Å². The Hall–Kier alpha value is -1.29. The molecule has 2 aromatic rings. The number of halogens is 4. The van der Waals surface area contributed by atoms with Gasteiger partial charge in [0.15, 0.2) is 0 Å². The molecule has 19 heavy (non-hydrogen) atoms. The van der Waals surface area contributed by atoms with Gasteiger partial charge in [-0.2, -0.15) is 0 Å². The van der Waals surface area contributed by atoms with Crippen LogP contribution in [0.5, 0.6) is 0 Å². The maximum absolute atomic E-state index is 13.0. The number of anilines is 1. The van der Waals surface area contributed by atoms with Gasteiger partial charge in [-0.05, 0) is 36.4 Å². The highest BCUT2D eigenvalue weighted by Gasteiger charge is 2.12. The Kier molecular flexibility index (Phi) is 4.30. The lowest BCUT2D eigenvalue weighted by Crippen LogP contribution is -2.12. The Morgan fingerprint density at radius 1 is 1.00 bits per heavy atom. The first-order valence-electron chi connectivity index (χ1n) is 5.19. The number of nitrogens with one attached hydrogen (secondary N) is 1. The molecule has 2 rings (SSSR count). The van der Waals surface area contributed by atoms with Gasteiger partial charge in [0.2, 0.25) is 0 Å². The van der Waals surface area contributed by atoms with Crippen LogP contribution in [0.15, 0.2) is 36.4 Å². The monoisotopic (exact) mass is 317 g/mol. The van der Waals surface area contributed by atoms with E-state index < -0.39 is 11.7 Å². The molecule has 6 heteroatoms. The van der Waals surface area contributed by atoms with E-state index in [1.807, 2.05) is 0 Å². The minimum atomic E-state index is -0.555. The van der Waals surface area contributed by atoms with Crippen molar-refractivity contribution in [1.82, 2.24) is 0 Å². The molecule has 0 fully saturated rings. The Labute approximate surface area is 124 Å². The molecule has 0 spiro atoms. The maximum atomic E-state index is 13.0. The van der Waals surface area contributed by atoms with Crippen molar-refractivity contribution in [3.63, 3.8) is 0 Å². The number of carbonyl (C=O) groups is 1. The van der Waals surface area contributed by atoms with Crippen molar-refractivity contribution < 1.29 is 9.18 Å². The molecule has 0 saturated carbocycles. The van der Waals surface area contributed by atoms with E-state index >= 15 is 0 Å². The standard InChI is InChI=1S/C13H7Cl3FNO/c14-7-1-3-10(15)9(5-7)13(19)18-8-2-4-12(17)11(16)6-8/h1-6H,(H,18,19). The molecule has 0 heterocycles. The molecule has 0 saturated heterocycles. The van der Waals surface area contributed by atoms with E-state index in [9.17, 15) is 9.18 Å². The third-order valence-corrected chi connectivity index (χ3v) is 3.20. The second-order valence-electron chi connectivity index (χ2n) is 3.71. The summed E-state index contributed by atoms with van der Waals surface area (Å²) in [6.45, 7) is 0. The van der Waals surface area contributed by atoms with Gasteiger partial charge >= 0.3 is 0 Å². The van der Waals surface area contributed by atoms with Crippen LogP contribution in [-0.4, -0.2) is 5.91 Å². The van der Waals surface area contributed by atoms with Crippen molar-refractivity contribution in [2.24, 2.45) is 0 Å². The average molecular weight is 319 g/mol. The number of benzene rings is 2. The van der Waals surface area contributed by atoms with Crippen LogP contribution in [0, 0.1) is 5.82 Å². The van der Waals surface area contributed by atoms with Crippen molar-refractivity contribution in [3.05, 3.63) is 62.8 Å². The summed E-state index contributed by atoms with van der Waals surface area (Å²) in [4.78, 5) is 12.0. The van der Waals surface area contributed by atoms with Gasteiger partial charge in [0.25, 0.3) is 5.91 Å². The minimum absolute atomic E-state index is 0.0741. The van der Waals surface area contributed by atoms with E-state index in [-0.39, 0.29) is 15.6 Å². The van der Waals surface area contributed by atoms with Crippen molar-refractivity contribution in [1.29, 1.82) is 0 Å². The van der Waals surface area contributed by atoms with Crippen molar-refractivity contribution >= 4 is 46.4 Å². The van der Waals surface area contributed by atoms with Crippen LogP contribution in [0.1, 0.15) is 10.4 Å². The Morgan fingerprint density at radius 3 is 2.42 bits per heavy atom. The Morgan fingerprint density at radius 2 is 1.74 bits per heavy atom. The predicted octanol–water partition coefficient (Wildman–Crippen LogP) is 5.04. The van der Waals surface area contributed by atoms with Gasteiger partial charge in [-0.1, -0.05) is 34.8 Å². The summed E-state index contributed by atoms with van der Waals surface area (Å²) < 4.78 is 13.0. The number of carbonyl (C=O) groups excluding carboxylic acids is 1.